The number of fused-ring (bicyclic) bond motifs is 1. The van der Waals surface area contributed by atoms with Crippen molar-refractivity contribution in [2.45, 2.75) is 34.1 Å². The molecule has 2 N–H and O–H groups in total. The first-order valence-corrected chi connectivity index (χ1v) is 11.1. The maximum absolute atomic E-state index is 13.1. The van der Waals surface area contributed by atoms with E-state index in [2.05, 4.69) is 26.6 Å². The van der Waals surface area contributed by atoms with Crippen LogP contribution >= 0.6 is 15.9 Å². The largest absolute Gasteiger partial charge is 0.466 e. The first-order valence-electron chi connectivity index (χ1n) is 10.3. The number of amides is 2. The van der Waals surface area contributed by atoms with Crippen LogP contribution < -0.4 is 15.5 Å². The Morgan fingerprint density at radius 3 is 2.50 bits per heavy atom. The molecule has 1 aliphatic rings. The van der Waals surface area contributed by atoms with E-state index in [4.69, 9.17) is 4.74 Å². The maximum Gasteiger partial charge on any atom is 0.311 e. The Hall–Kier alpha value is -3.13. The van der Waals surface area contributed by atoms with Gasteiger partial charge in [0, 0.05) is 21.9 Å². The first-order chi connectivity index (χ1) is 15.2. The highest BCUT2D eigenvalue weighted by atomic mass is 79.9. The van der Waals surface area contributed by atoms with Crippen molar-refractivity contribution < 1.29 is 19.1 Å². The van der Waals surface area contributed by atoms with E-state index < -0.39 is 5.97 Å². The average Bonchev–Trinajstić information content (AvgIpc) is 2.82. The molecule has 8 heteroatoms. The zero-order valence-electron chi connectivity index (χ0n) is 18.5. The van der Waals surface area contributed by atoms with Crippen molar-refractivity contribution in [2.24, 2.45) is 0 Å². The van der Waals surface area contributed by atoms with E-state index in [-0.39, 0.29) is 31.4 Å². The van der Waals surface area contributed by atoms with Crippen LogP contribution in [0.1, 0.15) is 30.0 Å². The molecule has 0 bridgehead atoms. The van der Waals surface area contributed by atoms with Gasteiger partial charge in [-0.15, -0.1) is 0 Å². The monoisotopic (exact) mass is 499 g/mol. The number of nitrogens with one attached hydrogen (secondary N) is 2. The van der Waals surface area contributed by atoms with E-state index >= 15 is 0 Å². The molecule has 32 heavy (non-hydrogen) atoms. The third kappa shape index (κ3) is 5.56. The number of hydrogen-bond acceptors (Lipinski definition) is 5. The zero-order chi connectivity index (χ0) is 23.4. The molecule has 0 saturated heterocycles. The van der Waals surface area contributed by atoms with Gasteiger partial charge < -0.3 is 15.4 Å². The topological polar surface area (TPSA) is 87.7 Å². The van der Waals surface area contributed by atoms with Crippen molar-refractivity contribution >= 4 is 50.8 Å². The van der Waals surface area contributed by atoms with Crippen molar-refractivity contribution in [1.29, 1.82) is 0 Å². The third-order valence-electron chi connectivity index (χ3n) is 5.15. The number of hydrogen-bond donors (Lipinski definition) is 2. The van der Waals surface area contributed by atoms with Gasteiger partial charge in [-0.05, 0) is 74.7 Å². The molecule has 2 aromatic rings. The van der Waals surface area contributed by atoms with E-state index in [1.165, 1.54) is 11.0 Å². The van der Waals surface area contributed by atoms with E-state index in [1.54, 1.807) is 13.0 Å². The number of ether oxygens (including phenoxy) is 1. The lowest BCUT2D eigenvalue weighted by Gasteiger charge is -2.23. The van der Waals surface area contributed by atoms with Gasteiger partial charge in [-0.1, -0.05) is 15.9 Å². The van der Waals surface area contributed by atoms with Gasteiger partial charge in [-0.2, -0.15) is 0 Å². The fourth-order valence-electron chi connectivity index (χ4n) is 3.37. The number of carbonyl (C=O) groups is 3. The Morgan fingerprint density at radius 2 is 1.81 bits per heavy atom. The minimum atomic E-state index is -0.429. The van der Waals surface area contributed by atoms with Gasteiger partial charge in [0.15, 0.2) is 0 Å². The van der Waals surface area contributed by atoms with Gasteiger partial charge in [0.1, 0.15) is 6.54 Å². The Kier molecular flexibility index (Phi) is 7.35. The molecule has 168 valence electrons. The van der Waals surface area contributed by atoms with Crippen LogP contribution in [0.5, 0.6) is 0 Å². The molecule has 2 amide bonds. The van der Waals surface area contributed by atoms with Gasteiger partial charge in [0.25, 0.3) is 5.91 Å². The van der Waals surface area contributed by atoms with Crippen molar-refractivity contribution in [2.75, 3.05) is 28.7 Å². The third-order valence-corrected chi connectivity index (χ3v) is 6.04. The highest BCUT2D eigenvalue weighted by molar-refractivity contribution is 9.10. The number of anilines is 3. The smallest absolute Gasteiger partial charge is 0.311 e. The molecule has 0 unspecified atom stereocenters. The van der Waals surface area contributed by atoms with E-state index in [0.717, 1.165) is 21.2 Å². The number of benzene rings is 2. The van der Waals surface area contributed by atoms with E-state index in [0.29, 0.717) is 22.8 Å². The molecule has 3 rings (SSSR count). The van der Waals surface area contributed by atoms with Gasteiger partial charge in [0.2, 0.25) is 5.91 Å². The molecular formula is C24H26BrN3O4. The second kappa shape index (κ2) is 9.99. The fraction of sp³-hybridized carbons (Fsp3) is 0.292. The number of aryl methyl sites for hydroxylation is 3. The van der Waals surface area contributed by atoms with Crippen molar-refractivity contribution in [1.82, 2.24) is 0 Å². The van der Waals surface area contributed by atoms with Crippen LogP contribution in [-0.4, -0.2) is 30.9 Å². The van der Waals surface area contributed by atoms with Gasteiger partial charge >= 0.3 is 5.97 Å². The molecule has 0 saturated carbocycles. The summed E-state index contributed by atoms with van der Waals surface area (Å²) in [4.78, 5) is 39.3. The summed E-state index contributed by atoms with van der Waals surface area (Å²) in [5.74, 6) is -1.14. The predicted molar refractivity (Wildman–Crippen MR) is 129 cm³/mol. The van der Waals surface area contributed by atoms with Crippen LogP contribution in [0.25, 0.3) is 0 Å². The number of nitrogens with zero attached hydrogens (tertiary/aromatic N) is 1. The van der Waals surface area contributed by atoms with Crippen LogP contribution in [0, 0.1) is 20.8 Å². The summed E-state index contributed by atoms with van der Waals surface area (Å²) in [5, 5.41) is 6.02. The van der Waals surface area contributed by atoms with Crippen molar-refractivity contribution in [3.8, 4) is 0 Å². The van der Waals surface area contributed by atoms with Crippen molar-refractivity contribution in [3.05, 3.63) is 63.3 Å². The summed E-state index contributed by atoms with van der Waals surface area (Å²) < 4.78 is 5.96. The highest BCUT2D eigenvalue weighted by Gasteiger charge is 2.26. The SMILES string of the molecule is CCOC(=O)CC1=CC(=O)N(CC(=O)Nc2ccc(Br)c(C)c2)c2cc(C)c(C)cc2N1. The Morgan fingerprint density at radius 1 is 1.09 bits per heavy atom. The molecule has 1 heterocycles. The summed E-state index contributed by atoms with van der Waals surface area (Å²) in [7, 11) is 0. The molecule has 0 atom stereocenters. The number of esters is 1. The summed E-state index contributed by atoms with van der Waals surface area (Å²) in [5.41, 5.74) is 5.30. The Labute approximate surface area is 195 Å². The number of carbonyl (C=O) groups excluding carboxylic acids is 3. The lowest BCUT2D eigenvalue weighted by molar-refractivity contribution is -0.142. The van der Waals surface area contributed by atoms with Crippen LogP contribution in [0.15, 0.2) is 46.6 Å². The summed E-state index contributed by atoms with van der Waals surface area (Å²) in [6.07, 6.45) is 1.28. The molecule has 0 aromatic heterocycles. The van der Waals surface area contributed by atoms with Crippen LogP contribution in [0.4, 0.5) is 17.1 Å². The quantitative estimate of drug-likeness (QED) is 0.566. The summed E-state index contributed by atoms with van der Waals surface area (Å²) in [6.45, 7) is 7.66. The zero-order valence-corrected chi connectivity index (χ0v) is 20.1. The van der Waals surface area contributed by atoms with Gasteiger partial charge in [-0.25, -0.2) is 0 Å². The molecule has 0 aliphatic carbocycles. The normalized spacial score (nSPS) is 13.0. The average molecular weight is 500 g/mol. The van der Waals surface area contributed by atoms with Gasteiger partial charge in [0.05, 0.1) is 24.4 Å². The molecule has 0 fully saturated rings. The van der Waals surface area contributed by atoms with Crippen LogP contribution in [0.2, 0.25) is 0 Å². The predicted octanol–water partition coefficient (Wildman–Crippen LogP) is 4.61. The van der Waals surface area contributed by atoms with Gasteiger partial charge in [-0.3, -0.25) is 19.3 Å². The summed E-state index contributed by atoms with van der Waals surface area (Å²) in [6, 6.07) is 9.28. The standard InChI is InChI=1S/C24H26BrN3O4/c1-5-32-24(31)12-18-11-23(30)28(21-10-15(3)14(2)9-20(21)26-18)13-22(29)27-17-6-7-19(25)16(4)8-17/h6-11,26H,5,12-13H2,1-4H3,(H,27,29). The second-order valence-electron chi connectivity index (χ2n) is 7.67. The molecule has 1 aliphatic heterocycles. The maximum atomic E-state index is 13.1. The van der Waals surface area contributed by atoms with Crippen LogP contribution in [0.3, 0.4) is 0 Å². The Bertz CT molecular complexity index is 1110. The lowest BCUT2D eigenvalue weighted by Crippen LogP contribution is -2.37. The molecule has 0 radical (unpaired) electrons. The minimum Gasteiger partial charge on any atom is -0.466 e. The molecule has 0 spiro atoms. The number of halogens is 1. The lowest BCUT2D eigenvalue weighted by atomic mass is 10.1. The minimum absolute atomic E-state index is 0.0653. The van der Waals surface area contributed by atoms with Crippen molar-refractivity contribution in [3.63, 3.8) is 0 Å². The highest BCUT2D eigenvalue weighted by Crippen LogP contribution is 2.33. The molecule has 7 nitrogen and oxygen atoms in total. The first kappa shape index (κ1) is 23.5. The number of rotatable bonds is 6. The van der Waals surface area contributed by atoms with E-state index in [1.807, 2.05) is 45.0 Å². The molecular weight excluding hydrogens is 474 g/mol. The molecule has 2 aromatic carbocycles. The van der Waals surface area contributed by atoms with Crippen LogP contribution in [-0.2, 0) is 19.1 Å². The van der Waals surface area contributed by atoms with E-state index in [9.17, 15) is 14.4 Å². The second-order valence-corrected chi connectivity index (χ2v) is 8.52. The Balaban J connectivity index is 1.89. The summed E-state index contributed by atoms with van der Waals surface area (Å²) >= 11 is 3.44. The fourth-order valence-corrected chi connectivity index (χ4v) is 3.62.